The minimum absolute atomic E-state index is 0.0252. The van der Waals surface area contributed by atoms with Crippen molar-refractivity contribution >= 4 is 12.0 Å². The fraction of sp³-hybridized carbons (Fsp3) is 0.694. The molecule has 4 aliphatic rings. The lowest BCUT2D eigenvalue weighted by atomic mass is 9.46. The Morgan fingerprint density at radius 1 is 0.974 bits per heavy atom. The van der Waals surface area contributed by atoms with Crippen molar-refractivity contribution in [3.05, 3.63) is 54.1 Å². The summed E-state index contributed by atoms with van der Waals surface area (Å²) >= 11 is 0. The molecule has 0 radical (unpaired) electrons. The zero-order valence-electron chi connectivity index (χ0n) is 24.8. The van der Waals surface area contributed by atoms with Gasteiger partial charge in [0.2, 0.25) is 0 Å². The Morgan fingerprint density at radius 2 is 1.68 bits per heavy atom. The van der Waals surface area contributed by atoms with Gasteiger partial charge in [0.1, 0.15) is 6.10 Å². The van der Waals surface area contributed by atoms with Gasteiger partial charge >= 0.3 is 5.97 Å². The Labute approximate surface area is 232 Å². The number of esters is 1. The summed E-state index contributed by atoms with van der Waals surface area (Å²) in [5, 5.41) is 0. The molecule has 2 nitrogen and oxygen atoms in total. The number of hydrogen-bond acceptors (Lipinski definition) is 2. The van der Waals surface area contributed by atoms with Crippen LogP contribution in [-0.2, 0) is 4.74 Å². The standard InChI is InChI=1S/C36H52O2/c1-7-26-11-13-27(14-12-26)34(37)38-29-19-21-35(5)28(23-29)15-16-30-32-18-17-31(25(4)10-8-9-24(2)3)36(32,6)22-20-33(30)35/h7,11-16,24-25,28-33H,1,8-10,17-23H2,2-6H3. The number of carbonyl (C=O) groups is 1. The van der Waals surface area contributed by atoms with Crippen molar-refractivity contribution in [2.75, 3.05) is 0 Å². The number of rotatable bonds is 8. The molecule has 9 unspecified atom stereocenters. The summed E-state index contributed by atoms with van der Waals surface area (Å²) in [6.45, 7) is 16.3. The molecule has 38 heavy (non-hydrogen) atoms. The summed E-state index contributed by atoms with van der Waals surface area (Å²) in [4.78, 5) is 12.9. The molecule has 1 aromatic carbocycles. The highest BCUT2D eigenvalue weighted by Gasteiger charge is 2.59. The van der Waals surface area contributed by atoms with E-state index in [2.05, 4.69) is 53.3 Å². The van der Waals surface area contributed by atoms with Gasteiger partial charge in [-0.15, -0.1) is 0 Å². The van der Waals surface area contributed by atoms with Crippen LogP contribution in [0.5, 0.6) is 0 Å². The van der Waals surface area contributed by atoms with E-state index in [9.17, 15) is 4.79 Å². The van der Waals surface area contributed by atoms with E-state index in [1.165, 1.54) is 51.4 Å². The van der Waals surface area contributed by atoms with Crippen molar-refractivity contribution in [1.29, 1.82) is 0 Å². The molecule has 1 aromatic rings. The molecule has 5 rings (SSSR count). The zero-order chi connectivity index (χ0) is 27.1. The van der Waals surface area contributed by atoms with Crippen molar-refractivity contribution in [2.45, 2.75) is 105 Å². The second kappa shape index (κ2) is 11.0. The van der Waals surface area contributed by atoms with E-state index in [0.717, 1.165) is 53.9 Å². The molecule has 2 heteroatoms. The van der Waals surface area contributed by atoms with E-state index >= 15 is 0 Å². The summed E-state index contributed by atoms with van der Waals surface area (Å²) in [6.07, 6.45) is 20.0. The maximum atomic E-state index is 12.9. The summed E-state index contributed by atoms with van der Waals surface area (Å²) in [6, 6.07) is 7.58. The fourth-order valence-electron chi connectivity index (χ4n) is 9.69. The first-order valence-corrected chi connectivity index (χ1v) is 15.8. The first kappa shape index (κ1) is 27.7. The van der Waals surface area contributed by atoms with Gasteiger partial charge in [-0.1, -0.05) is 90.8 Å². The van der Waals surface area contributed by atoms with Crippen molar-refractivity contribution in [3.8, 4) is 0 Å². The number of carbonyl (C=O) groups excluding carboxylic acids is 1. The predicted molar refractivity (Wildman–Crippen MR) is 159 cm³/mol. The molecule has 9 atom stereocenters. The SMILES string of the molecule is C=Cc1ccc(C(=O)OC2CCC3(C)C(C=CC4C3CCC3(C)C(C(C)CCCC(C)C)CCC43)C2)cc1. The highest BCUT2D eigenvalue weighted by molar-refractivity contribution is 5.89. The Bertz CT molecular complexity index is 1020. The first-order chi connectivity index (χ1) is 18.2. The molecule has 0 N–H and O–H groups in total. The molecule has 3 saturated carbocycles. The summed E-state index contributed by atoms with van der Waals surface area (Å²) < 4.78 is 6.05. The van der Waals surface area contributed by atoms with E-state index in [-0.39, 0.29) is 12.1 Å². The third-order valence-corrected chi connectivity index (χ3v) is 12.0. The van der Waals surface area contributed by atoms with E-state index in [1.807, 2.05) is 24.3 Å². The van der Waals surface area contributed by atoms with Crippen LogP contribution in [0.15, 0.2) is 43.0 Å². The minimum atomic E-state index is -0.181. The summed E-state index contributed by atoms with van der Waals surface area (Å²) in [5.74, 6) is 5.30. The second-order valence-corrected chi connectivity index (χ2v) is 14.4. The Kier molecular flexibility index (Phi) is 8.01. The first-order valence-electron chi connectivity index (χ1n) is 15.8. The van der Waals surface area contributed by atoms with Gasteiger partial charge in [-0.3, -0.25) is 0 Å². The molecule has 3 fully saturated rings. The average molecular weight is 517 g/mol. The molecule has 0 aromatic heterocycles. The molecule has 0 bridgehead atoms. The van der Waals surface area contributed by atoms with Gasteiger partial charge < -0.3 is 4.74 Å². The third-order valence-electron chi connectivity index (χ3n) is 12.0. The molecule has 0 spiro atoms. The van der Waals surface area contributed by atoms with E-state index in [4.69, 9.17) is 4.74 Å². The highest BCUT2D eigenvalue weighted by atomic mass is 16.5. The number of benzene rings is 1. The molecular weight excluding hydrogens is 464 g/mol. The summed E-state index contributed by atoms with van der Waals surface area (Å²) in [5.41, 5.74) is 2.52. The lowest BCUT2D eigenvalue weighted by Gasteiger charge is -2.59. The van der Waals surface area contributed by atoms with Gasteiger partial charge in [-0.2, -0.15) is 0 Å². The quantitative estimate of drug-likeness (QED) is 0.254. The number of ether oxygens (including phenoxy) is 1. The summed E-state index contributed by atoms with van der Waals surface area (Å²) in [7, 11) is 0. The van der Waals surface area contributed by atoms with Crippen LogP contribution >= 0.6 is 0 Å². The zero-order valence-corrected chi connectivity index (χ0v) is 24.8. The van der Waals surface area contributed by atoms with Crippen molar-refractivity contribution < 1.29 is 9.53 Å². The lowest BCUT2D eigenvalue weighted by Crippen LogP contribution is -2.52. The van der Waals surface area contributed by atoms with Crippen LogP contribution in [0.3, 0.4) is 0 Å². The molecule has 0 saturated heterocycles. The second-order valence-electron chi connectivity index (χ2n) is 14.4. The van der Waals surface area contributed by atoms with Gasteiger partial charge in [-0.05, 0) is 115 Å². The van der Waals surface area contributed by atoms with E-state index < -0.39 is 0 Å². The highest BCUT2D eigenvalue weighted by Crippen LogP contribution is 2.67. The van der Waals surface area contributed by atoms with Crippen LogP contribution in [0, 0.1) is 52.3 Å². The maximum Gasteiger partial charge on any atom is 0.338 e. The molecule has 0 amide bonds. The van der Waals surface area contributed by atoms with Crippen molar-refractivity contribution in [3.63, 3.8) is 0 Å². The largest absolute Gasteiger partial charge is 0.459 e. The lowest BCUT2D eigenvalue weighted by molar-refractivity contribution is -0.0844. The van der Waals surface area contributed by atoms with Crippen LogP contribution < -0.4 is 0 Å². The Morgan fingerprint density at radius 3 is 2.39 bits per heavy atom. The molecule has 4 aliphatic carbocycles. The number of allylic oxidation sites excluding steroid dienone is 2. The van der Waals surface area contributed by atoms with Crippen LogP contribution in [-0.4, -0.2) is 12.1 Å². The molecule has 0 heterocycles. The van der Waals surface area contributed by atoms with Gasteiger partial charge in [0, 0.05) is 0 Å². The molecular formula is C36H52O2. The van der Waals surface area contributed by atoms with E-state index in [1.54, 1.807) is 6.08 Å². The van der Waals surface area contributed by atoms with Gasteiger partial charge in [0.25, 0.3) is 0 Å². The molecule has 208 valence electrons. The Hall–Kier alpha value is -1.83. The normalized spacial score (nSPS) is 38.7. The van der Waals surface area contributed by atoms with Gasteiger partial charge in [0.15, 0.2) is 0 Å². The maximum absolute atomic E-state index is 12.9. The number of hydrogen-bond donors (Lipinski definition) is 0. The van der Waals surface area contributed by atoms with Crippen LogP contribution in [0.4, 0.5) is 0 Å². The van der Waals surface area contributed by atoms with Crippen molar-refractivity contribution in [1.82, 2.24) is 0 Å². The predicted octanol–water partition coefficient (Wildman–Crippen LogP) is 9.75. The number of fused-ring (bicyclic) bond motifs is 5. The molecule has 0 aliphatic heterocycles. The average Bonchev–Trinajstić information content (AvgIpc) is 3.26. The fourth-order valence-corrected chi connectivity index (χ4v) is 9.69. The van der Waals surface area contributed by atoms with Gasteiger partial charge in [-0.25, -0.2) is 4.79 Å². The van der Waals surface area contributed by atoms with Crippen LogP contribution in [0.1, 0.15) is 115 Å². The van der Waals surface area contributed by atoms with E-state index in [0.29, 0.717) is 22.3 Å². The monoisotopic (exact) mass is 516 g/mol. The van der Waals surface area contributed by atoms with Crippen LogP contribution in [0.25, 0.3) is 6.08 Å². The Balaban J connectivity index is 1.24. The van der Waals surface area contributed by atoms with Crippen molar-refractivity contribution in [2.24, 2.45) is 52.3 Å². The smallest absolute Gasteiger partial charge is 0.338 e. The minimum Gasteiger partial charge on any atom is -0.459 e. The topological polar surface area (TPSA) is 26.3 Å². The van der Waals surface area contributed by atoms with Crippen LogP contribution in [0.2, 0.25) is 0 Å². The van der Waals surface area contributed by atoms with Gasteiger partial charge in [0.05, 0.1) is 5.56 Å². The third kappa shape index (κ3) is 5.06.